The second-order valence-electron chi connectivity index (χ2n) is 4.62. The van der Waals surface area contributed by atoms with Crippen LogP contribution in [0.1, 0.15) is 23.2 Å². The summed E-state index contributed by atoms with van der Waals surface area (Å²) in [7, 11) is 1.65. The van der Waals surface area contributed by atoms with Gasteiger partial charge in [-0.1, -0.05) is 0 Å². The summed E-state index contributed by atoms with van der Waals surface area (Å²) < 4.78 is 5.76. The molecule has 0 saturated heterocycles. The number of methoxy groups -OCH3 is 1. The van der Waals surface area contributed by atoms with Crippen LogP contribution in [0.25, 0.3) is 0 Å². The lowest BCUT2D eigenvalue weighted by Crippen LogP contribution is -2.48. The van der Waals surface area contributed by atoms with E-state index in [9.17, 15) is 9.59 Å². The van der Waals surface area contributed by atoms with E-state index in [1.165, 1.54) is 12.1 Å². The van der Waals surface area contributed by atoms with E-state index < -0.39 is 5.97 Å². The van der Waals surface area contributed by atoms with Crippen LogP contribution in [0, 0.1) is 0 Å². The van der Waals surface area contributed by atoms with Gasteiger partial charge >= 0.3 is 12.0 Å². The highest BCUT2D eigenvalue weighted by Crippen LogP contribution is 2.25. The zero-order chi connectivity index (χ0) is 14.7. The number of anilines is 1. The van der Waals surface area contributed by atoms with Crippen molar-refractivity contribution in [2.45, 2.75) is 25.0 Å². The zero-order valence-electron chi connectivity index (χ0n) is 10.9. The van der Waals surface area contributed by atoms with E-state index in [4.69, 9.17) is 9.84 Å². The molecule has 20 heavy (non-hydrogen) atoms. The van der Waals surface area contributed by atoms with Crippen molar-refractivity contribution in [3.63, 3.8) is 0 Å². The number of amides is 2. The fourth-order valence-corrected chi connectivity index (χ4v) is 2.32. The first-order valence-corrected chi connectivity index (χ1v) is 6.92. The summed E-state index contributed by atoms with van der Waals surface area (Å²) >= 11 is 3.27. The van der Waals surface area contributed by atoms with E-state index in [1.807, 2.05) is 0 Å². The summed E-state index contributed by atoms with van der Waals surface area (Å²) in [5.74, 6) is -1.04. The van der Waals surface area contributed by atoms with Crippen molar-refractivity contribution in [3.05, 3.63) is 28.2 Å². The third-order valence-electron chi connectivity index (χ3n) is 3.22. The molecular weight excluding hydrogens is 328 g/mol. The Hall–Kier alpha value is -1.60. The predicted octanol–water partition coefficient (Wildman–Crippen LogP) is 2.45. The molecule has 2 rings (SSSR count). The molecule has 108 valence electrons. The highest BCUT2D eigenvalue weighted by Gasteiger charge is 2.30. The molecule has 0 atom stereocenters. The number of carboxylic acids is 1. The monoisotopic (exact) mass is 342 g/mol. The van der Waals surface area contributed by atoms with E-state index in [1.54, 1.807) is 13.2 Å². The summed E-state index contributed by atoms with van der Waals surface area (Å²) in [5, 5.41) is 14.4. The van der Waals surface area contributed by atoms with Gasteiger partial charge in [0.05, 0.1) is 17.4 Å². The van der Waals surface area contributed by atoms with Crippen molar-refractivity contribution in [1.82, 2.24) is 5.32 Å². The molecule has 1 aliphatic carbocycles. The largest absolute Gasteiger partial charge is 0.478 e. The Labute approximate surface area is 124 Å². The molecule has 6 nitrogen and oxygen atoms in total. The maximum absolute atomic E-state index is 11.8. The molecule has 3 N–H and O–H groups in total. The Morgan fingerprint density at radius 3 is 2.70 bits per heavy atom. The molecule has 0 unspecified atom stereocenters. The number of rotatable bonds is 4. The summed E-state index contributed by atoms with van der Waals surface area (Å²) in [6, 6.07) is 4.20. The Kier molecular flexibility index (Phi) is 4.61. The minimum Gasteiger partial charge on any atom is -0.478 e. The Morgan fingerprint density at radius 1 is 1.40 bits per heavy atom. The van der Waals surface area contributed by atoms with Gasteiger partial charge in [-0.05, 0) is 47.0 Å². The van der Waals surface area contributed by atoms with Crippen molar-refractivity contribution in [1.29, 1.82) is 0 Å². The van der Waals surface area contributed by atoms with Crippen LogP contribution >= 0.6 is 15.9 Å². The molecule has 0 aromatic heterocycles. The first-order chi connectivity index (χ1) is 9.49. The van der Waals surface area contributed by atoms with Gasteiger partial charge in [0.1, 0.15) is 0 Å². The van der Waals surface area contributed by atoms with Crippen molar-refractivity contribution in [2.75, 3.05) is 12.4 Å². The first kappa shape index (κ1) is 14.8. The average molecular weight is 343 g/mol. The first-order valence-electron chi connectivity index (χ1n) is 6.12. The quantitative estimate of drug-likeness (QED) is 0.784. The molecule has 2 amide bonds. The van der Waals surface area contributed by atoms with Crippen molar-refractivity contribution in [3.8, 4) is 0 Å². The molecule has 0 spiro atoms. The van der Waals surface area contributed by atoms with E-state index in [2.05, 4.69) is 26.6 Å². The van der Waals surface area contributed by atoms with E-state index in [-0.39, 0.29) is 23.7 Å². The summed E-state index contributed by atoms with van der Waals surface area (Å²) in [4.78, 5) is 22.7. The number of urea groups is 1. The van der Waals surface area contributed by atoms with Crippen LogP contribution in [-0.2, 0) is 4.74 Å². The van der Waals surface area contributed by atoms with Crippen LogP contribution in [0.15, 0.2) is 22.7 Å². The van der Waals surface area contributed by atoms with Crippen LogP contribution in [0.2, 0.25) is 0 Å². The average Bonchev–Trinajstić information content (AvgIpc) is 2.35. The zero-order valence-corrected chi connectivity index (χ0v) is 12.4. The maximum Gasteiger partial charge on any atom is 0.335 e. The van der Waals surface area contributed by atoms with Gasteiger partial charge in [0.15, 0.2) is 0 Å². The smallest absolute Gasteiger partial charge is 0.335 e. The van der Waals surface area contributed by atoms with E-state index in [0.717, 1.165) is 12.8 Å². The van der Waals surface area contributed by atoms with Gasteiger partial charge in [0, 0.05) is 17.6 Å². The SMILES string of the molecule is COC1CC(NC(=O)Nc2cc(C(=O)O)ccc2Br)C1. The number of hydrogen-bond donors (Lipinski definition) is 3. The fraction of sp³-hybridized carbons (Fsp3) is 0.385. The molecule has 1 aromatic carbocycles. The molecule has 1 saturated carbocycles. The summed E-state index contributed by atoms with van der Waals surface area (Å²) in [6.45, 7) is 0. The molecule has 0 radical (unpaired) electrons. The van der Waals surface area contributed by atoms with Crippen molar-refractivity contribution < 1.29 is 19.4 Å². The lowest BCUT2D eigenvalue weighted by Gasteiger charge is -2.34. The Bertz CT molecular complexity index is 529. The summed E-state index contributed by atoms with van der Waals surface area (Å²) in [5.41, 5.74) is 0.539. The second-order valence-corrected chi connectivity index (χ2v) is 5.48. The van der Waals surface area contributed by atoms with Crippen LogP contribution in [0.5, 0.6) is 0 Å². The van der Waals surface area contributed by atoms with E-state index in [0.29, 0.717) is 10.2 Å². The molecule has 1 fully saturated rings. The maximum atomic E-state index is 11.8. The normalized spacial score (nSPS) is 20.9. The van der Waals surface area contributed by atoms with Crippen molar-refractivity contribution >= 4 is 33.6 Å². The lowest BCUT2D eigenvalue weighted by molar-refractivity contribution is 0.0210. The van der Waals surface area contributed by atoms with Gasteiger partial charge in [-0.2, -0.15) is 0 Å². The van der Waals surface area contributed by atoms with Gasteiger partial charge in [-0.25, -0.2) is 9.59 Å². The van der Waals surface area contributed by atoms with Gasteiger partial charge in [-0.3, -0.25) is 0 Å². The number of carbonyl (C=O) groups excluding carboxylic acids is 1. The number of carbonyl (C=O) groups is 2. The summed E-state index contributed by atoms with van der Waals surface area (Å²) in [6.07, 6.45) is 1.79. The molecule has 1 aliphatic rings. The number of halogens is 1. The Morgan fingerprint density at radius 2 is 2.10 bits per heavy atom. The lowest BCUT2D eigenvalue weighted by atomic mass is 9.89. The second kappa shape index (κ2) is 6.23. The van der Waals surface area contributed by atoms with Crippen LogP contribution < -0.4 is 10.6 Å². The molecule has 0 aliphatic heterocycles. The minimum absolute atomic E-state index is 0.0985. The topological polar surface area (TPSA) is 87.7 Å². The standard InChI is InChI=1S/C13H15BrN2O4/c1-20-9-5-8(6-9)15-13(19)16-11-4-7(12(17)18)2-3-10(11)14/h2-4,8-9H,5-6H2,1H3,(H,17,18)(H2,15,16,19). The van der Waals surface area contributed by atoms with E-state index >= 15 is 0 Å². The number of carboxylic acid groups (broad SMARTS) is 1. The number of nitrogens with one attached hydrogen (secondary N) is 2. The van der Waals surface area contributed by atoms with Gasteiger partial charge < -0.3 is 20.5 Å². The molecule has 7 heteroatoms. The predicted molar refractivity (Wildman–Crippen MR) is 77.1 cm³/mol. The van der Waals surface area contributed by atoms with Gasteiger partial charge in [-0.15, -0.1) is 0 Å². The number of ether oxygens (including phenoxy) is 1. The van der Waals surface area contributed by atoms with Gasteiger partial charge in [0.2, 0.25) is 0 Å². The highest BCUT2D eigenvalue weighted by atomic mass is 79.9. The third kappa shape index (κ3) is 3.49. The molecule has 0 bridgehead atoms. The highest BCUT2D eigenvalue weighted by molar-refractivity contribution is 9.10. The third-order valence-corrected chi connectivity index (χ3v) is 3.92. The fourth-order valence-electron chi connectivity index (χ4n) is 1.97. The van der Waals surface area contributed by atoms with Crippen LogP contribution in [0.4, 0.5) is 10.5 Å². The molecule has 0 heterocycles. The van der Waals surface area contributed by atoms with Crippen LogP contribution in [-0.4, -0.2) is 36.4 Å². The molecule has 1 aromatic rings. The van der Waals surface area contributed by atoms with Gasteiger partial charge in [0.25, 0.3) is 0 Å². The molecular formula is C13H15BrN2O4. The number of aromatic carboxylic acids is 1. The number of benzene rings is 1. The Balaban J connectivity index is 1.94. The number of hydrogen-bond acceptors (Lipinski definition) is 3. The van der Waals surface area contributed by atoms with Crippen LogP contribution in [0.3, 0.4) is 0 Å². The van der Waals surface area contributed by atoms with Crippen molar-refractivity contribution in [2.24, 2.45) is 0 Å². The minimum atomic E-state index is -1.04.